The first kappa shape index (κ1) is 10.6. The van der Waals surface area contributed by atoms with Gasteiger partial charge >= 0.3 is 0 Å². The lowest BCUT2D eigenvalue weighted by Crippen LogP contribution is -1.98. The van der Waals surface area contributed by atoms with Crippen molar-refractivity contribution in [2.75, 3.05) is 0 Å². The molecule has 0 aliphatic rings. The van der Waals surface area contributed by atoms with Crippen LogP contribution in [0.1, 0.15) is 11.1 Å². The molecule has 2 N–H and O–H groups in total. The predicted octanol–water partition coefficient (Wildman–Crippen LogP) is 2.86. The Labute approximate surface area is 98.8 Å². The zero-order chi connectivity index (χ0) is 11.5. The molecule has 0 radical (unpaired) electrons. The van der Waals surface area contributed by atoms with Crippen molar-refractivity contribution in [3.05, 3.63) is 59.7 Å². The molecule has 16 heavy (non-hydrogen) atoms. The molecule has 80 valence electrons. The monoisotopic (exact) mass is 230 g/mol. The summed E-state index contributed by atoms with van der Waals surface area (Å²) in [6.45, 7) is 0. The third-order valence-electron chi connectivity index (χ3n) is 2.26. The molecular formula is C13H10O2S. The van der Waals surface area contributed by atoms with Gasteiger partial charge in [0.1, 0.15) is 11.5 Å². The first-order valence-corrected chi connectivity index (χ1v) is 5.20. The Morgan fingerprint density at radius 3 is 1.31 bits per heavy atom. The second-order valence-corrected chi connectivity index (χ2v) is 3.83. The van der Waals surface area contributed by atoms with Crippen LogP contribution in [-0.4, -0.2) is 15.1 Å². The van der Waals surface area contributed by atoms with Gasteiger partial charge in [0.15, 0.2) is 0 Å². The molecule has 0 heterocycles. The molecule has 3 heteroatoms. The minimum absolute atomic E-state index is 0.220. The van der Waals surface area contributed by atoms with Gasteiger partial charge in [-0.25, -0.2) is 0 Å². The Morgan fingerprint density at radius 1 is 0.688 bits per heavy atom. The predicted molar refractivity (Wildman–Crippen MR) is 67.0 cm³/mol. The Hall–Kier alpha value is -1.87. The van der Waals surface area contributed by atoms with Crippen LogP contribution in [0.15, 0.2) is 48.5 Å². The zero-order valence-electron chi connectivity index (χ0n) is 8.42. The molecule has 0 aliphatic heterocycles. The molecule has 2 nitrogen and oxygen atoms in total. The average molecular weight is 230 g/mol. The molecule has 0 aliphatic carbocycles. The summed E-state index contributed by atoms with van der Waals surface area (Å²) >= 11 is 5.31. The molecule has 0 bridgehead atoms. The van der Waals surface area contributed by atoms with E-state index in [1.807, 2.05) is 0 Å². The molecule has 0 unspecified atom stereocenters. The molecule has 0 amide bonds. The van der Waals surface area contributed by atoms with Gasteiger partial charge in [0.05, 0.1) is 4.86 Å². The van der Waals surface area contributed by atoms with Crippen molar-refractivity contribution in [2.45, 2.75) is 0 Å². The first-order valence-electron chi connectivity index (χ1n) is 4.79. The fourth-order valence-corrected chi connectivity index (χ4v) is 1.66. The molecule has 0 spiro atoms. The lowest BCUT2D eigenvalue weighted by molar-refractivity contribution is 0.475. The van der Waals surface area contributed by atoms with E-state index in [0.29, 0.717) is 4.86 Å². The molecular weight excluding hydrogens is 220 g/mol. The fourth-order valence-electron chi connectivity index (χ4n) is 1.39. The van der Waals surface area contributed by atoms with Gasteiger partial charge in [-0.1, -0.05) is 12.2 Å². The van der Waals surface area contributed by atoms with Crippen molar-refractivity contribution in [1.82, 2.24) is 0 Å². The largest absolute Gasteiger partial charge is 0.508 e. The molecule has 0 fully saturated rings. The van der Waals surface area contributed by atoms with Crippen LogP contribution in [0.5, 0.6) is 11.5 Å². The summed E-state index contributed by atoms with van der Waals surface area (Å²) in [6.07, 6.45) is 0. The number of hydrogen-bond donors (Lipinski definition) is 2. The van der Waals surface area contributed by atoms with E-state index in [1.165, 1.54) is 0 Å². The van der Waals surface area contributed by atoms with Crippen LogP contribution in [0, 0.1) is 0 Å². The molecule has 0 saturated heterocycles. The third kappa shape index (κ3) is 2.20. The molecule has 2 aromatic carbocycles. The highest BCUT2D eigenvalue weighted by atomic mass is 32.1. The number of thiocarbonyl (C=S) groups is 1. The average Bonchev–Trinajstić information content (AvgIpc) is 2.30. The van der Waals surface area contributed by atoms with Crippen LogP contribution >= 0.6 is 12.2 Å². The van der Waals surface area contributed by atoms with Crippen LogP contribution in [-0.2, 0) is 0 Å². The van der Waals surface area contributed by atoms with E-state index in [1.54, 1.807) is 48.5 Å². The summed E-state index contributed by atoms with van der Waals surface area (Å²) in [7, 11) is 0. The van der Waals surface area contributed by atoms with Gasteiger partial charge in [0.25, 0.3) is 0 Å². The van der Waals surface area contributed by atoms with Crippen LogP contribution in [0.2, 0.25) is 0 Å². The molecule has 0 aromatic heterocycles. The topological polar surface area (TPSA) is 40.5 Å². The first-order chi connectivity index (χ1) is 7.66. The summed E-state index contributed by atoms with van der Waals surface area (Å²) in [5.41, 5.74) is 1.75. The van der Waals surface area contributed by atoms with Crippen molar-refractivity contribution in [3.63, 3.8) is 0 Å². The highest BCUT2D eigenvalue weighted by Gasteiger charge is 2.04. The van der Waals surface area contributed by atoms with E-state index in [2.05, 4.69) is 0 Å². The van der Waals surface area contributed by atoms with Gasteiger partial charge in [0, 0.05) is 0 Å². The summed E-state index contributed by atoms with van der Waals surface area (Å²) in [5.74, 6) is 0.439. The smallest absolute Gasteiger partial charge is 0.115 e. The van der Waals surface area contributed by atoms with Crippen molar-refractivity contribution < 1.29 is 10.2 Å². The van der Waals surface area contributed by atoms with Gasteiger partial charge in [0.2, 0.25) is 0 Å². The Bertz CT molecular complexity index is 453. The fraction of sp³-hybridized carbons (Fsp3) is 0. The van der Waals surface area contributed by atoms with Gasteiger partial charge in [-0.2, -0.15) is 0 Å². The number of benzene rings is 2. The van der Waals surface area contributed by atoms with E-state index in [0.717, 1.165) is 11.1 Å². The lowest BCUT2D eigenvalue weighted by atomic mass is 10.0. The Morgan fingerprint density at radius 2 is 1.00 bits per heavy atom. The summed E-state index contributed by atoms with van der Waals surface area (Å²) in [6, 6.07) is 13.5. The second-order valence-electron chi connectivity index (χ2n) is 3.42. The van der Waals surface area contributed by atoms with E-state index in [9.17, 15) is 0 Å². The minimum atomic E-state index is 0.220. The highest BCUT2D eigenvalue weighted by Crippen LogP contribution is 2.17. The SMILES string of the molecule is Oc1ccc(C(=S)c2ccc(O)cc2)cc1. The van der Waals surface area contributed by atoms with Gasteiger partial charge < -0.3 is 10.2 Å². The van der Waals surface area contributed by atoms with E-state index >= 15 is 0 Å². The van der Waals surface area contributed by atoms with Crippen LogP contribution in [0.25, 0.3) is 0 Å². The normalized spacial score (nSPS) is 10.0. The van der Waals surface area contributed by atoms with E-state index in [-0.39, 0.29) is 11.5 Å². The molecule has 2 aromatic rings. The summed E-state index contributed by atoms with van der Waals surface area (Å²) in [4.78, 5) is 0.694. The highest BCUT2D eigenvalue weighted by molar-refractivity contribution is 7.81. The Kier molecular flexibility index (Phi) is 2.88. The Balaban J connectivity index is 2.32. The van der Waals surface area contributed by atoms with Gasteiger partial charge in [-0.05, 0) is 59.7 Å². The second kappa shape index (κ2) is 4.33. The summed E-state index contributed by atoms with van der Waals surface area (Å²) in [5, 5.41) is 18.3. The summed E-state index contributed by atoms with van der Waals surface area (Å²) < 4.78 is 0. The minimum Gasteiger partial charge on any atom is -0.508 e. The van der Waals surface area contributed by atoms with Crippen molar-refractivity contribution in [3.8, 4) is 11.5 Å². The van der Waals surface area contributed by atoms with E-state index < -0.39 is 0 Å². The molecule has 0 atom stereocenters. The lowest BCUT2D eigenvalue weighted by Gasteiger charge is -2.04. The quantitative estimate of drug-likeness (QED) is 0.615. The number of aromatic hydroxyl groups is 2. The molecule has 2 rings (SSSR count). The maximum Gasteiger partial charge on any atom is 0.115 e. The van der Waals surface area contributed by atoms with Crippen LogP contribution in [0.4, 0.5) is 0 Å². The van der Waals surface area contributed by atoms with Crippen LogP contribution in [0.3, 0.4) is 0 Å². The van der Waals surface area contributed by atoms with E-state index in [4.69, 9.17) is 22.4 Å². The maximum atomic E-state index is 9.17. The van der Waals surface area contributed by atoms with Crippen molar-refractivity contribution in [1.29, 1.82) is 0 Å². The number of rotatable bonds is 2. The standard InChI is InChI=1S/C13H10O2S/c14-11-5-1-9(2-6-11)13(16)10-3-7-12(15)8-4-10/h1-8,14-15H. The number of phenols is 2. The van der Waals surface area contributed by atoms with Crippen molar-refractivity contribution in [2.24, 2.45) is 0 Å². The number of phenolic OH excluding ortho intramolecular Hbond substituents is 2. The van der Waals surface area contributed by atoms with Gasteiger partial charge in [-0.15, -0.1) is 0 Å². The van der Waals surface area contributed by atoms with Crippen LogP contribution < -0.4 is 0 Å². The number of hydrogen-bond acceptors (Lipinski definition) is 3. The van der Waals surface area contributed by atoms with Gasteiger partial charge in [-0.3, -0.25) is 0 Å². The third-order valence-corrected chi connectivity index (χ3v) is 2.73. The van der Waals surface area contributed by atoms with Crippen molar-refractivity contribution >= 4 is 17.1 Å². The zero-order valence-corrected chi connectivity index (χ0v) is 9.24. The maximum absolute atomic E-state index is 9.17. The molecule has 0 saturated carbocycles.